The third-order valence-electron chi connectivity index (χ3n) is 4.74. The molecule has 0 aliphatic rings. The summed E-state index contributed by atoms with van der Waals surface area (Å²) in [5, 5.41) is 19.0. The number of hydrogen-bond donors (Lipinski definition) is 2. The summed E-state index contributed by atoms with van der Waals surface area (Å²) < 4.78 is 37.2. The predicted molar refractivity (Wildman–Crippen MR) is 129 cm³/mol. The number of carboxylic acids is 1. The van der Waals surface area contributed by atoms with Crippen LogP contribution >= 0.6 is 0 Å². The number of carbonyl (C=O) groups excluding carboxylic acids is 1. The third-order valence-corrected chi connectivity index (χ3v) is 4.74. The van der Waals surface area contributed by atoms with Crippen molar-refractivity contribution in [2.75, 3.05) is 26.5 Å². The Kier molecular flexibility index (Phi) is 9.58. The van der Waals surface area contributed by atoms with Crippen LogP contribution in [0.3, 0.4) is 0 Å². The number of anilines is 1. The molecule has 2 N–H and O–H groups in total. The number of nitriles is 1. The molecule has 0 aliphatic heterocycles. The van der Waals surface area contributed by atoms with Crippen LogP contribution in [0.1, 0.15) is 21.5 Å². The predicted octanol–water partition coefficient (Wildman–Crippen LogP) is 5.18. The number of nitrogens with one attached hydrogen (secondary N) is 1. The van der Waals surface area contributed by atoms with Crippen molar-refractivity contribution in [3.8, 4) is 22.9 Å². The Morgan fingerprint density at radius 1 is 1.03 bits per heavy atom. The fourth-order valence-corrected chi connectivity index (χ4v) is 3.10. The molecule has 0 aliphatic carbocycles. The molecule has 0 fully saturated rings. The van der Waals surface area contributed by atoms with Crippen LogP contribution < -0.4 is 10.1 Å². The van der Waals surface area contributed by atoms with Gasteiger partial charge in [-0.2, -0.15) is 18.4 Å². The van der Waals surface area contributed by atoms with Crippen molar-refractivity contribution in [2.45, 2.75) is 12.7 Å². The van der Waals surface area contributed by atoms with Crippen molar-refractivity contribution in [1.82, 2.24) is 4.90 Å². The number of halogens is 3. The molecule has 3 aromatic rings. The lowest BCUT2D eigenvalue weighted by molar-refractivity contribution is -0.192. The van der Waals surface area contributed by atoms with Gasteiger partial charge in [0.1, 0.15) is 5.75 Å². The van der Waals surface area contributed by atoms with Crippen LogP contribution in [0, 0.1) is 11.3 Å². The molecule has 36 heavy (non-hydrogen) atoms. The minimum atomic E-state index is -5.08. The summed E-state index contributed by atoms with van der Waals surface area (Å²) >= 11 is 0. The lowest BCUT2D eigenvalue weighted by Crippen LogP contribution is -2.21. The Labute approximate surface area is 206 Å². The van der Waals surface area contributed by atoms with E-state index in [4.69, 9.17) is 19.9 Å². The van der Waals surface area contributed by atoms with Gasteiger partial charge < -0.3 is 20.1 Å². The summed E-state index contributed by atoms with van der Waals surface area (Å²) in [4.78, 5) is 23.4. The van der Waals surface area contributed by atoms with E-state index >= 15 is 0 Å². The standard InChI is InChI=1S/C24H23N3O2.C2HF3O2/c1-27(2)16-21-14-19(9-12-23(21)29-3)18-7-10-22(11-8-18)26-24(28)20-6-4-5-17(13-20)15-25;3-2(4,5)1(6)7/h4-14H,16H2,1-3H3,(H,26,28);(H,6,7). The number of alkyl halides is 3. The van der Waals surface area contributed by atoms with Crippen molar-refractivity contribution in [2.24, 2.45) is 0 Å². The number of carboxylic acid groups (broad SMARTS) is 1. The zero-order chi connectivity index (χ0) is 26.9. The highest BCUT2D eigenvalue weighted by atomic mass is 19.4. The quantitative estimate of drug-likeness (QED) is 0.485. The summed E-state index contributed by atoms with van der Waals surface area (Å²) in [6, 6.07) is 22.5. The van der Waals surface area contributed by atoms with Gasteiger partial charge >= 0.3 is 12.1 Å². The van der Waals surface area contributed by atoms with Gasteiger partial charge in [0.15, 0.2) is 0 Å². The first-order chi connectivity index (χ1) is 16.9. The fourth-order valence-electron chi connectivity index (χ4n) is 3.10. The maximum Gasteiger partial charge on any atom is 0.490 e. The topological polar surface area (TPSA) is 103 Å². The molecule has 0 saturated heterocycles. The average Bonchev–Trinajstić information content (AvgIpc) is 2.84. The summed E-state index contributed by atoms with van der Waals surface area (Å²) in [6.45, 7) is 0.785. The van der Waals surface area contributed by atoms with Crippen molar-refractivity contribution in [3.63, 3.8) is 0 Å². The zero-order valence-corrected chi connectivity index (χ0v) is 19.8. The molecule has 1 amide bonds. The highest BCUT2D eigenvalue weighted by molar-refractivity contribution is 6.04. The smallest absolute Gasteiger partial charge is 0.490 e. The number of ether oxygens (including phenoxy) is 1. The SMILES string of the molecule is COc1ccc(-c2ccc(NC(=O)c3cccc(C#N)c3)cc2)cc1CN(C)C.O=C(O)C(F)(F)F. The number of methoxy groups -OCH3 is 1. The van der Waals surface area contributed by atoms with Gasteiger partial charge in [-0.25, -0.2) is 4.79 Å². The molecule has 0 bridgehead atoms. The van der Waals surface area contributed by atoms with Gasteiger partial charge in [-0.1, -0.05) is 24.3 Å². The van der Waals surface area contributed by atoms with E-state index in [1.54, 1.807) is 31.4 Å². The van der Waals surface area contributed by atoms with Gasteiger partial charge in [0.05, 0.1) is 18.7 Å². The van der Waals surface area contributed by atoms with Crippen LogP contribution in [-0.2, 0) is 11.3 Å². The van der Waals surface area contributed by atoms with Gasteiger partial charge in [0.2, 0.25) is 0 Å². The van der Waals surface area contributed by atoms with Crippen LogP contribution in [-0.4, -0.2) is 49.3 Å². The summed E-state index contributed by atoms with van der Waals surface area (Å²) in [6.07, 6.45) is -5.08. The molecule has 0 unspecified atom stereocenters. The minimum absolute atomic E-state index is 0.243. The third kappa shape index (κ3) is 8.14. The number of amides is 1. The van der Waals surface area contributed by atoms with E-state index in [-0.39, 0.29) is 5.91 Å². The van der Waals surface area contributed by atoms with E-state index in [9.17, 15) is 18.0 Å². The number of rotatable bonds is 6. The van der Waals surface area contributed by atoms with Gasteiger partial charge in [0.25, 0.3) is 5.91 Å². The van der Waals surface area contributed by atoms with Crippen LogP contribution in [0.25, 0.3) is 11.1 Å². The van der Waals surface area contributed by atoms with E-state index in [0.29, 0.717) is 16.8 Å². The van der Waals surface area contributed by atoms with Gasteiger partial charge in [-0.3, -0.25) is 4.79 Å². The van der Waals surface area contributed by atoms with Crippen molar-refractivity contribution < 1.29 is 32.6 Å². The molecule has 10 heteroatoms. The largest absolute Gasteiger partial charge is 0.496 e. The molecular formula is C26H24F3N3O4. The van der Waals surface area contributed by atoms with E-state index in [0.717, 1.165) is 29.0 Å². The Bertz CT molecular complexity index is 1250. The van der Waals surface area contributed by atoms with Crippen LogP contribution in [0.2, 0.25) is 0 Å². The molecule has 7 nitrogen and oxygen atoms in total. The van der Waals surface area contributed by atoms with E-state index in [1.807, 2.05) is 56.6 Å². The lowest BCUT2D eigenvalue weighted by atomic mass is 10.0. The Morgan fingerprint density at radius 3 is 2.17 bits per heavy atom. The number of benzene rings is 3. The van der Waals surface area contributed by atoms with Crippen molar-refractivity contribution in [1.29, 1.82) is 5.26 Å². The first-order valence-corrected chi connectivity index (χ1v) is 10.5. The highest BCUT2D eigenvalue weighted by Crippen LogP contribution is 2.28. The molecule has 0 heterocycles. The molecule has 0 radical (unpaired) electrons. The van der Waals surface area contributed by atoms with E-state index < -0.39 is 12.1 Å². The summed E-state index contributed by atoms with van der Waals surface area (Å²) in [5.41, 5.74) is 4.87. The molecule has 0 saturated carbocycles. The lowest BCUT2D eigenvalue weighted by Gasteiger charge is -2.15. The molecule has 3 aromatic carbocycles. The van der Waals surface area contributed by atoms with Crippen LogP contribution in [0.15, 0.2) is 66.7 Å². The second-order valence-electron chi connectivity index (χ2n) is 7.79. The first-order valence-electron chi connectivity index (χ1n) is 10.5. The second kappa shape index (κ2) is 12.4. The van der Waals surface area contributed by atoms with Crippen LogP contribution in [0.4, 0.5) is 18.9 Å². The van der Waals surface area contributed by atoms with Gasteiger partial charge in [0, 0.05) is 23.4 Å². The van der Waals surface area contributed by atoms with Crippen LogP contribution in [0.5, 0.6) is 5.75 Å². The van der Waals surface area contributed by atoms with Crippen molar-refractivity contribution in [3.05, 3.63) is 83.4 Å². The molecule has 3 rings (SSSR count). The molecular weight excluding hydrogens is 475 g/mol. The van der Waals surface area contributed by atoms with E-state index in [1.165, 1.54) is 0 Å². The Hall–Kier alpha value is -4.36. The fraction of sp³-hybridized carbons (Fsp3) is 0.192. The Balaban J connectivity index is 0.000000572. The zero-order valence-electron chi connectivity index (χ0n) is 19.8. The number of nitrogens with zero attached hydrogens (tertiary/aromatic N) is 2. The number of aliphatic carboxylic acids is 1. The first kappa shape index (κ1) is 27.9. The highest BCUT2D eigenvalue weighted by Gasteiger charge is 2.38. The van der Waals surface area contributed by atoms with E-state index in [2.05, 4.69) is 16.3 Å². The maximum absolute atomic E-state index is 12.4. The minimum Gasteiger partial charge on any atom is -0.496 e. The second-order valence-corrected chi connectivity index (χ2v) is 7.79. The molecule has 188 valence electrons. The number of hydrogen-bond acceptors (Lipinski definition) is 5. The summed E-state index contributed by atoms with van der Waals surface area (Å²) in [5.74, 6) is -2.13. The number of carbonyl (C=O) groups is 2. The molecule has 0 spiro atoms. The molecule has 0 atom stereocenters. The Morgan fingerprint density at radius 2 is 1.64 bits per heavy atom. The molecule has 0 aromatic heterocycles. The normalized spacial score (nSPS) is 10.6. The maximum atomic E-state index is 12.4. The van der Waals surface area contributed by atoms with Crippen molar-refractivity contribution >= 4 is 17.6 Å². The average molecular weight is 499 g/mol. The van der Waals surface area contributed by atoms with Gasteiger partial charge in [-0.05, 0) is 67.7 Å². The monoisotopic (exact) mass is 499 g/mol. The summed E-state index contributed by atoms with van der Waals surface area (Å²) in [7, 11) is 5.73. The van der Waals surface area contributed by atoms with Gasteiger partial charge in [-0.15, -0.1) is 0 Å².